The molecule has 0 radical (unpaired) electrons. The highest BCUT2D eigenvalue weighted by Gasteiger charge is 2.52. The van der Waals surface area contributed by atoms with Crippen LogP contribution in [-0.2, 0) is 20.7 Å². The number of amides is 1. The molecule has 0 saturated carbocycles. The quantitative estimate of drug-likeness (QED) is 0.379. The van der Waals surface area contributed by atoms with Crippen LogP contribution in [0.25, 0.3) is 0 Å². The Kier molecular flexibility index (Phi) is 7.63. The van der Waals surface area contributed by atoms with Gasteiger partial charge in [0.1, 0.15) is 23.3 Å². The molecule has 0 bridgehead atoms. The van der Waals surface area contributed by atoms with E-state index in [0.29, 0.717) is 49.1 Å². The van der Waals surface area contributed by atoms with Crippen LogP contribution in [0.1, 0.15) is 24.5 Å². The molecule has 200 valence electrons. The van der Waals surface area contributed by atoms with Gasteiger partial charge in [0.05, 0.1) is 26.2 Å². The van der Waals surface area contributed by atoms with Crippen LogP contribution in [-0.4, -0.2) is 49.2 Å². The van der Waals surface area contributed by atoms with E-state index in [1.807, 2.05) is 61.5 Å². The summed E-state index contributed by atoms with van der Waals surface area (Å²) in [4.78, 5) is 30.8. The molecule has 39 heavy (non-hydrogen) atoms. The summed E-state index contributed by atoms with van der Waals surface area (Å²) < 4.78 is 17.0. The fourth-order valence-electron chi connectivity index (χ4n) is 4.84. The summed E-state index contributed by atoms with van der Waals surface area (Å²) in [5.74, 6) is 0.981. The average Bonchev–Trinajstić information content (AvgIpc) is 2.96. The van der Waals surface area contributed by atoms with Crippen molar-refractivity contribution in [3.63, 3.8) is 0 Å². The third kappa shape index (κ3) is 5.65. The maximum absolute atomic E-state index is 12.9. The van der Waals surface area contributed by atoms with Crippen LogP contribution in [0.2, 0.25) is 0 Å². The number of carboxylic acids is 1. The lowest BCUT2D eigenvalue weighted by Crippen LogP contribution is -2.65. The van der Waals surface area contributed by atoms with Crippen molar-refractivity contribution in [2.24, 2.45) is 10.9 Å². The maximum Gasteiger partial charge on any atom is 0.327 e. The predicted molar refractivity (Wildman–Crippen MR) is 147 cm³/mol. The second kappa shape index (κ2) is 11.4. The number of anilines is 1. The van der Waals surface area contributed by atoms with Crippen LogP contribution >= 0.6 is 0 Å². The lowest BCUT2D eigenvalue weighted by Gasteiger charge is -2.44. The third-order valence-electron chi connectivity index (χ3n) is 7.05. The van der Waals surface area contributed by atoms with Crippen LogP contribution in [0.3, 0.4) is 0 Å². The van der Waals surface area contributed by atoms with E-state index in [2.05, 4.69) is 4.99 Å². The minimum atomic E-state index is -1.02. The van der Waals surface area contributed by atoms with Crippen LogP contribution in [0, 0.1) is 5.92 Å². The number of β-lactam (4-membered cyclic amide) rings is 1. The van der Waals surface area contributed by atoms with Crippen molar-refractivity contribution in [1.29, 1.82) is 0 Å². The Morgan fingerprint density at radius 2 is 1.72 bits per heavy atom. The monoisotopic (exact) mass is 526 g/mol. The number of ether oxygens (including phenoxy) is 3. The molecule has 1 amide bonds. The van der Waals surface area contributed by atoms with Gasteiger partial charge in [0.25, 0.3) is 0 Å². The summed E-state index contributed by atoms with van der Waals surface area (Å²) in [5, 5.41) is 9.81. The molecular formula is C31H30N2O6. The Bertz CT molecular complexity index is 1400. The molecule has 0 aromatic heterocycles. The van der Waals surface area contributed by atoms with Gasteiger partial charge in [-0.05, 0) is 73.0 Å². The van der Waals surface area contributed by atoms with Gasteiger partial charge in [-0.1, -0.05) is 30.3 Å². The predicted octanol–water partition coefficient (Wildman–Crippen LogP) is 4.87. The topological polar surface area (TPSA) is 97.7 Å². The van der Waals surface area contributed by atoms with E-state index < -0.39 is 17.9 Å². The van der Waals surface area contributed by atoms with Crippen molar-refractivity contribution in [1.82, 2.24) is 0 Å². The molecule has 0 spiro atoms. The molecule has 2 aliphatic heterocycles. The summed E-state index contributed by atoms with van der Waals surface area (Å²) in [6.07, 6.45) is 1.03. The van der Waals surface area contributed by atoms with Gasteiger partial charge in [0.2, 0.25) is 11.8 Å². The normalized spacial score (nSPS) is 18.7. The van der Waals surface area contributed by atoms with Gasteiger partial charge in [-0.2, -0.15) is 0 Å². The molecule has 1 saturated heterocycles. The van der Waals surface area contributed by atoms with Crippen LogP contribution in [0.5, 0.6) is 11.5 Å². The summed E-state index contributed by atoms with van der Waals surface area (Å²) in [6, 6.07) is 23.2. The SMILES string of the molecule is COc1ccc(N2C(=O)[C@@H](Cc3ccc(OCCC4=C(C)OC(c5ccccc5)=NC4)cc3)[C@H]2C(=O)O)cc1. The Labute approximate surface area is 227 Å². The molecule has 2 aliphatic rings. The molecule has 0 unspecified atom stereocenters. The zero-order valence-electron chi connectivity index (χ0n) is 21.9. The van der Waals surface area contributed by atoms with Gasteiger partial charge in [0.15, 0.2) is 0 Å². The molecule has 2 heterocycles. The number of hydrogen-bond acceptors (Lipinski definition) is 6. The highest BCUT2D eigenvalue weighted by Crippen LogP contribution is 2.36. The first-order chi connectivity index (χ1) is 18.9. The zero-order valence-corrected chi connectivity index (χ0v) is 21.9. The summed E-state index contributed by atoms with van der Waals surface area (Å²) in [7, 11) is 1.55. The van der Waals surface area contributed by atoms with Gasteiger partial charge in [0, 0.05) is 17.7 Å². The van der Waals surface area contributed by atoms with Gasteiger partial charge in [-0.15, -0.1) is 0 Å². The summed E-state index contributed by atoms with van der Waals surface area (Å²) >= 11 is 0. The van der Waals surface area contributed by atoms with Gasteiger partial charge >= 0.3 is 5.97 Å². The van der Waals surface area contributed by atoms with Gasteiger partial charge < -0.3 is 19.3 Å². The van der Waals surface area contributed by atoms with Crippen molar-refractivity contribution >= 4 is 23.5 Å². The molecule has 3 aromatic rings. The number of allylic oxidation sites excluding steroid dienone is 1. The average molecular weight is 527 g/mol. The molecule has 1 fully saturated rings. The first kappa shape index (κ1) is 26.0. The Morgan fingerprint density at radius 1 is 1.03 bits per heavy atom. The number of nitrogens with zero attached hydrogens (tertiary/aromatic N) is 2. The molecule has 0 aliphatic carbocycles. The first-order valence-corrected chi connectivity index (χ1v) is 12.8. The van der Waals surface area contributed by atoms with Crippen molar-refractivity contribution < 1.29 is 28.9 Å². The van der Waals surface area contributed by atoms with Crippen molar-refractivity contribution in [3.8, 4) is 11.5 Å². The fourth-order valence-corrected chi connectivity index (χ4v) is 4.84. The number of rotatable bonds is 10. The van der Waals surface area contributed by atoms with Crippen LogP contribution in [0.15, 0.2) is 95.2 Å². The number of methoxy groups -OCH3 is 1. The molecular weight excluding hydrogens is 496 g/mol. The standard InChI is InChI=1S/C31H30N2O6/c1-20-23(19-32-29(39-20)22-6-4-3-5-7-22)16-17-38-26-12-8-21(9-13-26)18-27-28(31(35)36)33(30(27)34)24-10-14-25(37-2)15-11-24/h3-15,27-28H,16-19H2,1-2H3,(H,35,36)/t27-,28-/m0/s1. The van der Waals surface area contributed by atoms with Crippen molar-refractivity contribution in [2.75, 3.05) is 25.2 Å². The smallest absolute Gasteiger partial charge is 0.327 e. The van der Waals surface area contributed by atoms with Gasteiger partial charge in [-0.25, -0.2) is 9.79 Å². The van der Waals surface area contributed by atoms with E-state index in [0.717, 1.165) is 22.5 Å². The number of carbonyl (C=O) groups is 2. The molecule has 8 heteroatoms. The highest BCUT2D eigenvalue weighted by atomic mass is 16.5. The Balaban J connectivity index is 1.13. The summed E-state index contributed by atoms with van der Waals surface area (Å²) in [5.41, 5.74) is 3.47. The molecule has 8 nitrogen and oxygen atoms in total. The lowest BCUT2D eigenvalue weighted by atomic mass is 9.82. The molecule has 3 aromatic carbocycles. The van der Waals surface area contributed by atoms with E-state index in [1.54, 1.807) is 31.4 Å². The number of aliphatic imine (C=N–C) groups is 1. The van der Waals surface area contributed by atoms with Crippen LogP contribution < -0.4 is 14.4 Å². The maximum atomic E-state index is 12.9. The summed E-state index contributed by atoms with van der Waals surface area (Å²) in [6.45, 7) is 3.00. The van der Waals surface area contributed by atoms with E-state index in [9.17, 15) is 14.7 Å². The number of benzene rings is 3. The molecule has 2 atom stereocenters. The van der Waals surface area contributed by atoms with E-state index in [-0.39, 0.29) is 5.91 Å². The molecule has 1 N–H and O–H groups in total. The first-order valence-electron chi connectivity index (χ1n) is 12.8. The Hall–Kier alpha value is -4.59. The fraction of sp³-hybridized carbons (Fsp3) is 0.258. The van der Waals surface area contributed by atoms with Crippen molar-refractivity contribution in [2.45, 2.75) is 25.8 Å². The number of aliphatic carboxylic acids is 1. The number of carbonyl (C=O) groups excluding carboxylic acids is 1. The highest BCUT2D eigenvalue weighted by molar-refractivity contribution is 6.10. The van der Waals surface area contributed by atoms with E-state index >= 15 is 0 Å². The molecule has 5 rings (SSSR count). The minimum absolute atomic E-state index is 0.204. The van der Waals surface area contributed by atoms with Crippen LogP contribution in [0.4, 0.5) is 5.69 Å². The zero-order chi connectivity index (χ0) is 27.4. The second-order valence-electron chi connectivity index (χ2n) is 9.49. The lowest BCUT2D eigenvalue weighted by molar-refractivity contribution is -0.149. The second-order valence-corrected chi connectivity index (χ2v) is 9.49. The number of hydrogen-bond donors (Lipinski definition) is 1. The minimum Gasteiger partial charge on any atom is -0.497 e. The Morgan fingerprint density at radius 3 is 2.36 bits per heavy atom. The largest absolute Gasteiger partial charge is 0.497 e. The third-order valence-corrected chi connectivity index (χ3v) is 7.05. The number of carboxylic acid groups (broad SMARTS) is 1. The van der Waals surface area contributed by atoms with E-state index in [4.69, 9.17) is 14.2 Å². The van der Waals surface area contributed by atoms with Gasteiger partial charge in [-0.3, -0.25) is 9.69 Å². The van der Waals surface area contributed by atoms with Crippen molar-refractivity contribution in [3.05, 3.63) is 101 Å². The van der Waals surface area contributed by atoms with E-state index in [1.165, 1.54) is 4.90 Å².